The Morgan fingerprint density at radius 1 is 0.952 bits per heavy atom. The molecule has 0 aliphatic carbocycles. The summed E-state index contributed by atoms with van der Waals surface area (Å²) in [6, 6.07) is 0. The van der Waals surface area contributed by atoms with E-state index in [4.69, 9.17) is 9.47 Å². The fourth-order valence-corrected chi connectivity index (χ4v) is 2.87. The van der Waals surface area contributed by atoms with E-state index in [1.165, 1.54) is 0 Å². The van der Waals surface area contributed by atoms with E-state index < -0.39 is 7.80 Å². The van der Waals surface area contributed by atoms with Crippen LogP contribution in [0.15, 0.2) is 0 Å². The van der Waals surface area contributed by atoms with Crippen LogP contribution in [0, 0.1) is 17.8 Å². The molecule has 2 unspecified atom stereocenters. The number of esters is 1. The highest BCUT2D eigenvalue weighted by Crippen LogP contribution is 2.24. The average Bonchev–Trinajstić information content (AvgIpc) is 2.37. The molecule has 0 aliphatic rings. The van der Waals surface area contributed by atoms with Gasteiger partial charge in [0.25, 0.3) is 0 Å². The highest BCUT2D eigenvalue weighted by Gasteiger charge is 2.25. The van der Waals surface area contributed by atoms with Crippen molar-refractivity contribution < 1.29 is 18.8 Å². The van der Waals surface area contributed by atoms with Gasteiger partial charge in [-0.3, -0.25) is 4.79 Å². The van der Waals surface area contributed by atoms with Crippen LogP contribution in [0.25, 0.3) is 0 Å². The summed E-state index contributed by atoms with van der Waals surface area (Å²) in [6.07, 6.45) is 2.81. The van der Waals surface area contributed by atoms with Crippen molar-refractivity contribution in [2.45, 2.75) is 47.5 Å². The van der Waals surface area contributed by atoms with Gasteiger partial charge in [0.15, 0.2) is 12.3 Å². The van der Waals surface area contributed by atoms with Crippen LogP contribution in [0.1, 0.15) is 47.5 Å². The number of carbonyl (C=O) groups excluding carboxylic acids is 1. The number of rotatable bonds is 12. The van der Waals surface area contributed by atoms with E-state index in [-0.39, 0.29) is 11.9 Å². The highest BCUT2D eigenvalue weighted by molar-refractivity contribution is 7.44. The van der Waals surface area contributed by atoms with Gasteiger partial charge in [-0.1, -0.05) is 32.3 Å². The Labute approximate surface area is 130 Å². The molecule has 5 heteroatoms. The molecule has 21 heavy (non-hydrogen) atoms. The molecule has 2 atom stereocenters. The van der Waals surface area contributed by atoms with Gasteiger partial charge >= 0.3 is 13.8 Å². The molecule has 0 saturated heterocycles. The fourth-order valence-electron chi connectivity index (χ4n) is 1.60. The van der Waals surface area contributed by atoms with E-state index in [9.17, 15) is 9.36 Å². The molecule has 0 aliphatic heterocycles. The Balaban J connectivity index is 3.70. The molecule has 124 valence electrons. The standard InChI is InChI=1S/C16H32O4P/c1-13(2)6-8-19-10-11-21(18)12-15(5)16(17)20-9-7-14(3)4/h13-15H,6-12H2,1-5H3/q+1. The fraction of sp³-hybridized carbons (Fsp3) is 0.938. The molecule has 0 aromatic rings. The Morgan fingerprint density at radius 3 is 2.10 bits per heavy atom. The second-order valence-electron chi connectivity index (χ2n) is 6.43. The summed E-state index contributed by atoms with van der Waals surface area (Å²) in [6.45, 7) is 11.9. The van der Waals surface area contributed by atoms with Crippen LogP contribution in [0.4, 0.5) is 0 Å². The third-order valence-electron chi connectivity index (χ3n) is 3.14. The third kappa shape index (κ3) is 12.9. The Bertz CT molecular complexity index is 303. The van der Waals surface area contributed by atoms with Crippen molar-refractivity contribution in [2.24, 2.45) is 17.8 Å². The molecule has 0 fully saturated rings. The minimum Gasteiger partial charge on any atom is -0.465 e. The zero-order chi connectivity index (χ0) is 16.3. The SMILES string of the molecule is CC(C)CCOCC[P+](=O)CC(C)C(=O)OCCC(C)C. The molecule has 0 saturated carbocycles. The van der Waals surface area contributed by atoms with Crippen LogP contribution >= 0.6 is 7.80 Å². The minimum absolute atomic E-state index is 0.236. The molecule has 0 spiro atoms. The highest BCUT2D eigenvalue weighted by atomic mass is 31.1. The molecular weight excluding hydrogens is 287 g/mol. The van der Waals surface area contributed by atoms with Crippen molar-refractivity contribution >= 4 is 13.8 Å². The summed E-state index contributed by atoms with van der Waals surface area (Å²) in [4.78, 5) is 11.7. The van der Waals surface area contributed by atoms with Crippen molar-refractivity contribution in [1.82, 2.24) is 0 Å². The van der Waals surface area contributed by atoms with Gasteiger partial charge in [-0.25, -0.2) is 0 Å². The number of hydrogen-bond acceptors (Lipinski definition) is 4. The second kappa shape index (κ2) is 12.1. The van der Waals surface area contributed by atoms with Crippen molar-refractivity contribution in [3.8, 4) is 0 Å². The van der Waals surface area contributed by atoms with Gasteiger partial charge in [-0.05, 0) is 31.6 Å². The zero-order valence-corrected chi connectivity index (χ0v) is 15.2. The lowest BCUT2D eigenvalue weighted by atomic mass is 10.1. The molecule has 4 nitrogen and oxygen atoms in total. The molecule has 0 aromatic heterocycles. The van der Waals surface area contributed by atoms with Crippen LogP contribution in [-0.2, 0) is 18.8 Å². The van der Waals surface area contributed by atoms with Gasteiger partial charge in [0.05, 0.1) is 19.1 Å². The monoisotopic (exact) mass is 319 g/mol. The van der Waals surface area contributed by atoms with E-state index in [1.54, 1.807) is 6.92 Å². The first-order valence-electron chi connectivity index (χ1n) is 7.99. The maximum atomic E-state index is 11.9. The minimum atomic E-state index is -1.39. The smallest absolute Gasteiger partial charge is 0.342 e. The van der Waals surface area contributed by atoms with Crippen LogP contribution in [0.5, 0.6) is 0 Å². The van der Waals surface area contributed by atoms with Gasteiger partial charge in [0.2, 0.25) is 0 Å². The van der Waals surface area contributed by atoms with Crippen LogP contribution in [0.2, 0.25) is 0 Å². The van der Waals surface area contributed by atoms with Gasteiger partial charge in [-0.2, -0.15) is 0 Å². The first kappa shape index (κ1) is 20.5. The summed E-state index contributed by atoms with van der Waals surface area (Å²) in [7, 11) is -1.39. The van der Waals surface area contributed by atoms with E-state index in [0.717, 1.165) is 12.8 Å². The lowest BCUT2D eigenvalue weighted by Crippen LogP contribution is -2.18. The molecule has 0 heterocycles. The predicted molar refractivity (Wildman–Crippen MR) is 87.2 cm³/mol. The lowest BCUT2D eigenvalue weighted by molar-refractivity contribution is -0.147. The normalized spacial score (nSPS) is 13.6. The van der Waals surface area contributed by atoms with Crippen molar-refractivity contribution in [1.29, 1.82) is 0 Å². The van der Waals surface area contributed by atoms with E-state index >= 15 is 0 Å². The third-order valence-corrected chi connectivity index (χ3v) is 4.78. The Morgan fingerprint density at radius 2 is 1.52 bits per heavy atom. The Kier molecular flexibility index (Phi) is 11.8. The maximum Gasteiger partial charge on any atom is 0.342 e. The maximum absolute atomic E-state index is 11.9. The van der Waals surface area contributed by atoms with Crippen LogP contribution in [0.3, 0.4) is 0 Å². The molecule has 0 N–H and O–H groups in total. The van der Waals surface area contributed by atoms with Crippen LogP contribution < -0.4 is 0 Å². The summed E-state index contributed by atoms with van der Waals surface area (Å²) in [5.74, 6) is 0.614. The molecule has 0 aromatic carbocycles. The summed E-state index contributed by atoms with van der Waals surface area (Å²) >= 11 is 0. The topological polar surface area (TPSA) is 52.6 Å². The number of hydrogen-bond donors (Lipinski definition) is 0. The number of carbonyl (C=O) groups is 1. The first-order valence-corrected chi connectivity index (χ1v) is 9.62. The molecule has 0 rings (SSSR count). The van der Waals surface area contributed by atoms with Gasteiger partial charge in [-0.15, -0.1) is 0 Å². The Hall–Kier alpha value is -0.470. The summed E-state index contributed by atoms with van der Waals surface area (Å²) in [5, 5.41) is 0. The summed E-state index contributed by atoms with van der Waals surface area (Å²) < 4.78 is 22.5. The zero-order valence-electron chi connectivity index (χ0n) is 14.3. The quantitative estimate of drug-likeness (QED) is 0.309. The van der Waals surface area contributed by atoms with E-state index in [1.807, 2.05) is 0 Å². The lowest BCUT2D eigenvalue weighted by Gasteiger charge is -2.09. The molecule has 0 amide bonds. The van der Waals surface area contributed by atoms with Crippen molar-refractivity contribution in [3.63, 3.8) is 0 Å². The van der Waals surface area contributed by atoms with E-state index in [2.05, 4.69) is 27.7 Å². The largest absolute Gasteiger partial charge is 0.465 e. The van der Waals surface area contributed by atoms with Gasteiger partial charge < -0.3 is 9.47 Å². The molecule has 0 bridgehead atoms. The van der Waals surface area contributed by atoms with Gasteiger partial charge in [0, 0.05) is 6.61 Å². The molecular formula is C16H32O4P+. The van der Waals surface area contributed by atoms with Gasteiger partial charge in [0.1, 0.15) is 0 Å². The van der Waals surface area contributed by atoms with Crippen molar-refractivity contribution in [2.75, 3.05) is 32.1 Å². The summed E-state index contributed by atoms with van der Waals surface area (Å²) in [5.41, 5.74) is 0. The van der Waals surface area contributed by atoms with Crippen LogP contribution in [-0.4, -0.2) is 38.1 Å². The second-order valence-corrected chi connectivity index (χ2v) is 8.21. The van der Waals surface area contributed by atoms with Crippen molar-refractivity contribution in [3.05, 3.63) is 0 Å². The molecule has 0 radical (unpaired) electrons. The number of ether oxygens (including phenoxy) is 2. The average molecular weight is 319 g/mol. The predicted octanol–water partition coefficient (Wildman–Crippen LogP) is 4.10. The first-order chi connectivity index (χ1) is 9.82. The van der Waals surface area contributed by atoms with E-state index in [0.29, 0.717) is 44.0 Å².